The van der Waals surface area contributed by atoms with E-state index >= 15 is 0 Å². The fourth-order valence-corrected chi connectivity index (χ4v) is 1.34. The van der Waals surface area contributed by atoms with Crippen molar-refractivity contribution in [3.05, 3.63) is 22.7 Å². The summed E-state index contributed by atoms with van der Waals surface area (Å²) in [4.78, 5) is 12.1. The molecule has 0 aromatic heterocycles. The Bertz CT molecular complexity index is 312. The van der Waals surface area contributed by atoms with Crippen LogP contribution in [0.2, 0.25) is 0 Å². The van der Waals surface area contributed by atoms with Gasteiger partial charge in [-0.1, -0.05) is 15.9 Å². The predicted octanol–water partition coefficient (Wildman–Crippen LogP) is 2.05. The van der Waals surface area contributed by atoms with E-state index in [4.69, 9.17) is 4.74 Å². The Morgan fingerprint density at radius 1 is 1.46 bits per heavy atom. The molecule has 0 heterocycles. The molecule has 3 nitrogen and oxygen atoms in total. The van der Waals surface area contributed by atoms with Crippen molar-refractivity contribution in [3.63, 3.8) is 0 Å². The average Bonchev–Trinajstić information content (AvgIpc) is 2.04. The van der Waals surface area contributed by atoms with Gasteiger partial charge in [-0.25, -0.2) is 0 Å². The van der Waals surface area contributed by atoms with Crippen LogP contribution in [-0.2, 0) is 4.79 Å². The quantitative estimate of drug-likeness (QED) is 0.762. The summed E-state index contributed by atoms with van der Waals surface area (Å²) in [5.74, 6) is 0.550. The zero-order chi connectivity index (χ0) is 9.84. The maximum Gasteiger partial charge on any atom is 0.298 e. The van der Waals surface area contributed by atoms with Gasteiger partial charge in [0.05, 0.1) is 5.69 Å². The molecule has 0 bridgehead atoms. The van der Waals surface area contributed by atoms with Crippen molar-refractivity contribution in [2.75, 3.05) is 19.0 Å². The van der Waals surface area contributed by atoms with E-state index in [1.807, 2.05) is 31.1 Å². The third-order valence-electron chi connectivity index (χ3n) is 1.58. The number of rotatable bonds is 3. The lowest BCUT2D eigenvalue weighted by Crippen LogP contribution is -2.10. The minimum absolute atomic E-state index is 0.425. The summed E-state index contributed by atoms with van der Waals surface area (Å²) in [5.41, 5.74) is 0.871. The van der Waals surface area contributed by atoms with E-state index in [1.165, 1.54) is 0 Å². The van der Waals surface area contributed by atoms with Crippen LogP contribution in [0.15, 0.2) is 22.7 Å². The fourth-order valence-electron chi connectivity index (χ4n) is 1.00. The average molecular weight is 244 g/mol. The van der Waals surface area contributed by atoms with E-state index in [9.17, 15) is 4.79 Å². The standard InChI is InChI=1S/C9H10BrNO2/c1-11(2)8-4-3-7(10)5-9(8)13-6-12/h3-6H,1-2H3. The largest absolute Gasteiger partial charge is 0.426 e. The van der Waals surface area contributed by atoms with Crippen LogP contribution in [0.25, 0.3) is 0 Å². The van der Waals surface area contributed by atoms with Crippen LogP contribution >= 0.6 is 15.9 Å². The Hall–Kier alpha value is -1.03. The van der Waals surface area contributed by atoms with Gasteiger partial charge in [-0.3, -0.25) is 4.79 Å². The first-order chi connectivity index (χ1) is 6.15. The lowest BCUT2D eigenvalue weighted by Gasteiger charge is -2.15. The van der Waals surface area contributed by atoms with Gasteiger partial charge in [-0.05, 0) is 18.2 Å². The monoisotopic (exact) mass is 243 g/mol. The van der Waals surface area contributed by atoms with Crippen LogP contribution in [0.4, 0.5) is 5.69 Å². The zero-order valence-corrected chi connectivity index (χ0v) is 9.04. The van der Waals surface area contributed by atoms with Crippen molar-refractivity contribution in [2.45, 2.75) is 0 Å². The minimum Gasteiger partial charge on any atom is -0.426 e. The molecule has 0 aliphatic carbocycles. The molecule has 13 heavy (non-hydrogen) atoms. The predicted molar refractivity (Wildman–Crippen MR) is 55.2 cm³/mol. The van der Waals surface area contributed by atoms with Gasteiger partial charge >= 0.3 is 0 Å². The zero-order valence-electron chi connectivity index (χ0n) is 7.45. The Morgan fingerprint density at radius 3 is 2.69 bits per heavy atom. The summed E-state index contributed by atoms with van der Waals surface area (Å²) < 4.78 is 5.71. The van der Waals surface area contributed by atoms with Gasteiger partial charge in [0.2, 0.25) is 0 Å². The van der Waals surface area contributed by atoms with E-state index in [1.54, 1.807) is 6.07 Å². The molecule has 0 fully saturated rings. The molecule has 0 atom stereocenters. The number of hydrogen-bond acceptors (Lipinski definition) is 3. The van der Waals surface area contributed by atoms with E-state index < -0.39 is 0 Å². The number of carbonyl (C=O) groups excluding carboxylic acids is 1. The number of anilines is 1. The first-order valence-corrected chi connectivity index (χ1v) is 4.51. The third kappa shape index (κ3) is 2.45. The molecule has 0 saturated carbocycles. The summed E-state index contributed by atoms with van der Waals surface area (Å²) in [6.45, 7) is 0.425. The van der Waals surface area contributed by atoms with Crippen molar-refractivity contribution in [3.8, 4) is 5.75 Å². The second-order valence-corrected chi connectivity index (χ2v) is 3.64. The lowest BCUT2D eigenvalue weighted by molar-refractivity contribution is -0.120. The van der Waals surface area contributed by atoms with E-state index in [2.05, 4.69) is 15.9 Å². The van der Waals surface area contributed by atoms with E-state index in [-0.39, 0.29) is 0 Å². The summed E-state index contributed by atoms with van der Waals surface area (Å²) >= 11 is 3.30. The number of hydrogen-bond donors (Lipinski definition) is 0. The van der Waals surface area contributed by atoms with Crippen LogP contribution in [0.5, 0.6) is 5.75 Å². The topological polar surface area (TPSA) is 29.5 Å². The molecule has 0 spiro atoms. The van der Waals surface area contributed by atoms with Crippen molar-refractivity contribution < 1.29 is 9.53 Å². The molecular formula is C9H10BrNO2. The second-order valence-electron chi connectivity index (χ2n) is 2.72. The normalized spacial score (nSPS) is 9.46. The van der Waals surface area contributed by atoms with Gasteiger partial charge in [0.1, 0.15) is 0 Å². The maximum absolute atomic E-state index is 10.2. The maximum atomic E-state index is 10.2. The summed E-state index contributed by atoms with van der Waals surface area (Å²) in [5, 5.41) is 0. The SMILES string of the molecule is CN(C)c1ccc(Br)cc1OC=O. The molecule has 4 heteroatoms. The first kappa shape index (κ1) is 10.1. The summed E-state index contributed by atoms with van der Waals surface area (Å²) in [6.07, 6.45) is 0. The summed E-state index contributed by atoms with van der Waals surface area (Å²) in [7, 11) is 3.78. The molecule has 0 N–H and O–H groups in total. The first-order valence-electron chi connectivity index (χ1n) is 3.72. The van der Waals surface area contributed by atoms with Crippen LogP contribution in [0, 0.1) is 0 Å². The van der Waals surface area contributed by atoms with Crippen LogP contribution in [0.1, 0.15) is 0 Å². The highest BCUT2D eigenvalue weighted by Gasteiger charge is 2.05. The number of carbonyl (C=O) groups is 1. The van der Waals surface area contributed by atoms with E-state index in [0.29, 0.717) is 12.2 Å². The van der Waals surface area contributed by atoms with Crippen molar-refractivity contribution in [1.82, 2.24) is 0 Å². The highest BCUT2D eigenvalue weighted by molar-refractivity contribution is 9.10. The molecule has 70 valence electrons. The Kier molecular flexibility index (Phi) is 3.31. The number of nitrogens with zero attached hydrogens (tertiary/aromatic N) is 1. The van der Waals surface area contributed by atoms with Crippen molar-refractivity contribution in [2.24, 2.45) is 0 Å². The Morgan fingerprint density at radius 2 is 2.15 bits per heavy atom. The molecular weight excluding hydrogens is 234 g/mol. The molecule has 0 unspecified atom stereocenters. The molecule has 1 aromatic rings. The van der Waals surface area contributed by atoms with Crippen molar-refractivity contribution >= 4 is 28.1 Å². The smallest absolute Gasteiger partial charge is 0.298 e. The van der Waals surface area contributed by atoms with Crippen LogP contribution < -0.4 is 9.64 Å². The molecule has 0 amide bonds. The fraction of sp³-hybridized carbons (Fsp3) is 0.222. The molecule has 1 aromatic carbocycles. The van der Waals surface area contributed by atoms with Crippen molar-refractivity contribution in [1.29, 1.82) is 0 Å². The summed E-state index contributed by atoms with van der Waals surface area (Å²) in [6, 6.07) is 5.53. The van der Waals surface area contributed by atoms with Gasteiger partial charge in [0, 0.05) is 18.6 Å². The number of ether oxygens (including phenoxy) is 1. The number of halogens is 1. The Balaban J connectivity index is 3.10. The number of benzene rings is 1. The van der Waals surface area contributed by atoms with Crippen LogP contribution in [0.3, 0.4) is 0 Å². The lowest BCUT2D eigenvalue weighted by atomic mass is 10.3. The van der Waals surface area contributed by atoms with Gasteiger partial charge in [0.15, 0.2) is 5.75 Å². The van der Waals surface area contributed by atoms with Gasteiger partial charge in [0.25, 0.3) is 6.47 Å². The highest BCUT2D eigenvalue weighted by atomic mass is 79.9. The van der Waals surface area contributed by atoms with E-state index in [0.717, 1.165) is 10.2 Å². The van der Waals surface area contributed by atoms with Crippen LogP contribution in [-0.4, -0.2) is 20.6 Å². The van der Waals surface area contributed by atoms with Gasteiger partial charge < -0.3 is 9.64 Å². The minimum atomic E-state index is 0.425. The van der Waals surface area contributed by atoms with Gasteiger partial charge in [-0.2, -0.15) is 0 Å². The third-order valence-corrected chi connectivity index (χ3v) is 2.07. The molecule has 0 radical (unpaired) electrons. The molecule has 0 aliphatic heterocycles. The Labute approximate surface area is 85.4 Å². The highest BCUT2D eigenvalue weighted by Crippen LogP contribution is 2.29. The molecule has 1 rings (SSSR count). The molecule has 0 aliphatic rings. The second kappa shape index (κ2) is 4.28. The van der Waals surface area contributed by atoms with Gasteiger partial charge in [-0.15, -0.1) is 0 Å². The molecule has 0 saturated heterocycles.